The van der Waals surface area contributed by atoms with Crippen molar-refractivity contribution in [1.29, 1.82) is 0 Å². The van der Waals surface area contributed by atoms with E-state index >= 15 is 0 Å². The molecule has 1 N–H and O–H groups in total. The molecule has 1 aromatic carbocycles. The molecule has 0 fully saturated rings. The Morgan fingerprint density at radius 1 is 1.36 bits per heavy atom. The van der Waals surface area contributed by atoms with Crippen molar-refractivity contribution in [1.82, 2.24) is 0 Å². The van der Waals surface area contributed by atoms with Gasteiger partial charge < -0.3 is 9.90 Å². The molecule has 0 heterocycles. The van der Waals surface area contributed by atoms with E-state index in [9.17, 15) is 14.7 Å². The molecule has 3 nitrogen and oxygen atoms in total. The molecule has 0 bridgehead atoms. The Bertz CT molecular complexity index is 356. The molecule has 0 aromatic heterocycles. The number of phenolic OH excluding ortho intramolecular Hbond substituents is 1. The Hall–Kier alpha value is -1.64. The van der Waals surface area contributed by atoms with Crippen molar-refractivity contribution in [2.24, 2.45) is 0 Å². The molecule has 14 heavy (non-hydrogen) atoms. The Morgan fingerprint density at radius 3 is 2.57 bits per heavy atom. The largest absolute Gasteiger partial charge is 0.507 e. The van der Waals surface area contributed by atoms with Crippen molar-refractivity contribution in [3.63, 3.8) is 0 Å². The third-order valence-corrected chi connectivity index (χ3v) is 2.11. The minimum absolute atomic E-state index is 0.0251. The Balaban J connectivity index is 3.23. The van der Waals surface area contributed by atoms with Crippen molar-refractivity contribution in [2.75, 3.05) is 0 Å². The number of carbonyl (C=O) groups is 2. The molecule has 0 aliphatic rings. The number of phenols is 1. The molecule has 1 aromatic rings. The maximum absolute atomic E-state index is 10.6. The Labute approximate surface area is 82.4 Å². The fraction of sp³-hybridized carbons (Fsp3) is 0.273. The molecule has 0 saturated carbocycles. The smallest absolute Gasteiger partial charge is 0.153 e. The van der Waals surface area contributed by atoms with E-state index in [4.69, 9.17) is 0 Å². The van der Waals surface area contributed by atoms with E-state index < -0.39 is 0 Å². The molecular weight excluding hydrogens is 180 g/mol. The lowest BCUT2D eigenvalue weighted by Crippen LogP contribution is -1.94. The molecule has 0 aliphatic heterocycles. The van der Waals surface area contributed by atoms with Crippen LogP contribution in [0.4, 0.5) is 0 Å². The van der Waals surface area contributed by atoms with Crippen LogP contribution in [-0.4, -0.2) is 17.7 Å². The van der Waals surface area contributed by atoms with E-state index in [0.29, 0.717) is 18.3 Å². The monoisotopic (exact) mass is 192 g/mol. The lowest BCUT2D eigenvalue weighted by molar-refractivity contribution is -0.107. The van der Waals surface area contributed by atoms with Crippen LogP contribution in [0.1, 0.15) is 28.4 Å². The average Bonchev–Trinajstić information content (AvgIpc) is 2.20. The number of benzene rings is 1. The highest BCUT2D eigenvalue weighted by Gasteiger charge is 2.07. The summed E-state index contributed by atoms with van der Waals surface area (Å²) in [5.41, 5.74) is 1.71. The molecule has 0 amide bonds. The third kappa shape index (κ3) is 1.99. The van der Waals surface area contributed by atoms with Gasteiger partial charge in [0.2, 0.25) is 0 Å². The normalized spacial score (nSPS) is 9.79. The predicted molar refractivity (Wildman–Crippen MR) is 52.6 cm³/mol. The van der Waals surface area contributed by atoms with E-state index in [1.165, 1.54) is 6.07 Å². The van der Waals surface area contributed by atoms with Gasteiger partial charge in [-0.2, -0.15) is 0 Å². The zero-order valence-electron chi connectivity index (χ0n) is 7.99. The van der Waals surface area contributed by atoms with Gasteiger partial charge in [-0.15, -0.1) is 0 Å². The van der Waals surface area contributed by atoms with Crippen molar-refractivity contribution >= 4 is 12.6 Å². The molecule has 0 aliphatic carbocycles. The molecule has 0 radical (unpaired) electrons. The fourth-order valence-corrected chi connectivity index (χ4v) is 1.36. The Morgan fingerprint density at radius 2 is 2.07 bits per heavy atom. The summed E-state index contributed by atoms with van der Waals surface area (Å²) in [6.45, 7) is 1.88. The quantitative estimate of drug-likeness (QED) is 0.735. The third-order valence-electron chi connectivity index (χ3n) is 2.11. The van der Waals surface area contributed by atoms with Gasteiger partial charge in [-0.3, -0.25) is 4.79 Å². The number of aromatic hydroxyl groups is 1. The number of carbonyl (C=O) groups excluding carboxylic acids is 2. The van der Waals surface area contributed by atoms with Crippen LogP contribution < -0.4 is 0 Å². The molecular formula is C11H12O3. The van der Waals surface area contributed by atoms with Gasteiger partial charge in [0, 0.05) is 6.42 Å². The number of aryl methyl sites for hydroxylation is 1. The van der Waals surface area contributed by atoms with Crippen LogP contribution in [0.15, 0.2) is 12.1 Å². The van der Waals surface area contributed by atoms with E-state index in [0.717, 1.165) is 11.8 Å². The second-order valence-corrected chi connectivity index (χ2v) is 3.03. The van der Waals surface area contributed by atoms with Crippen molar-refractivity contribution < 1.29 is 14.7 Å². The standard InChI is InChI=1S/C11H12O3/c1-2-9-5-8(3-4-12)6-10(7-13)11(9)14/h4-7,14H,2-3H2,1H3. The van der Waals surface area contributed by atoms with Crippen LogP contribution in [-0.2, 0) is 17.6 Å². The highest BCUT2D eigenvalue weighted by atomic mass is 16.3. The maximum Gasteiger partial charge on any atom is 0.153 e. The van der Waals surface area contributed by atoms with Gasteiger partial charge >= 0.3 is 0 Å². The van der Waals surface area contributed by atoms with E-state index in [2.05, 4.69) is 0 Å². The topological polar surface area (TPSA) is 54.4 Å². The number of hydrogen-bond acceptors (Lipinski definition) is 3. The van der Waals surface area contributed by atoms with Gasteiger partial charge in [-0.25, -0.2) is 0 Å². The molecule has 0 atom stereocenters. The van der Waals surface area contributed by atoms with Gasteiger partial charge in [-0.05, 0) is 23.6 Å². The minimum Gasteiger partial charge on any atom is -0.507 e. The molecule has 0 unspecified atom stereocenters. The summed E-state index contributed by atoms with van der Waals surface area (Å²) >= 11 is 0. The summed E-state index contributed by atoms with van der Waals surface area (Å²) in [5.74, 6) is 0.0251. The average molecular weight is 192 g/mol. The van der Waals surface area contributed by atoms with E-state index in [1.807, 2.05) is 6.92 Å². The molecule has 3 heteroatoms. The van der Waals surface area contributed by atoms with Gasteiger partial charge in [0.25, 0.3) is 0 Å². The van der Waals surface area contributed by atoms with Gasteiger partial charge in [-0.1, -0.05) is 13.0 Å². The first-order chi connectivity index (χ1) is 6.72. The summed E-state index contributed by atoms with van der Waals surface area (Å²) in [7, 11) is 0. The number of aldehydes is 2. The van der Waals surface area contributed by atoms with E-state index in [1.54, 1.807) is 6.07 Å². The molecule has 0 saturated heterocycles. The first-order valence-electron chi connectivity index (χ1n) is 4.46. The van der Waals surface area contributed by atoms with E-state index in [-0.39, 0.29) is 17.7 Å². The number of rotatable bonds is 4. The van der Waals surface area contributed by atoms with Crippen molar-refractivity contribution in [3.8, 4) is 5.75 Å². The lowest BCUT2D eigenvalue weighted by atomic mass is 10.0. The highest BCUT2D eigenvalue weighted by Crippen LogP contribution is 2.23. The summed E-state index contributed by atoms with van der Waals surface area (Å²) in [6, 6.07) is 3.28. The van der Waals surface area contributed by atoms with Crippen LogP contribution in [0.25, 0.3) is 0 Å². The molecule has 0 spiro atoms. The van der Waals surface area contributed by atoms with Crippen molar-refractivity contribution in [3.05, 3.63) is 28.8 Å². The van der Waals surface area contributed by atoms with Crippen LogP contribution in [0, 0.1) is 0 Å². The fourth-order valence-electron chi connectivity index (χ4n) is 1.36. The van der Waals surface area contributed by atoms with Crippen LogP contribution in [0.5, 0.6) is 5.75 Å². The molecule has 74 valence electrons. The summed E-state index contributed by atoms with van der Waals surface area (Å²) in [5, 5.41) is 9.56. The minimum atomic E-state index is 0.0251. The zero-order chi connectivity index (χ0) is 10.6. The SMILES string of the molecule is CCc1cc(CC=O)cc(C=O)c1O. The second-order valence-electron chi connectivity index (χ2n) is 3.03. The van der Waals surface area contributed by atoms with Gasteiger partial charge in [0.1, 0.15) is 12.0 Å². The predicted octanol–water partition coefficient (Wildman–Crippen LogP) is 1.51. The van der Waals surface area contributed by atoms with Gasteiger partial charge in [0.05, 0.1) is 5.56 Å². The van der Waals surface area contributed by atoms with Gasteiger partial charge in [0.15, 0.2) is 6.29 Å². The zero-order valence-corrected chi connectivity index (χ0v) is 7.99. The summed E-state index contributed by atoms with van der Waals surface area (Å²) < 4.78 is 0. The number of hydrogen-bond donors (Lipinski definition) is 1. The first-order valence-corrected chi connectivity index (χ1v) is 4.46. The molecule has 1 rings (SSSR count). The Kier molecular flexibility index (Phi) is 3.40. The summed E-state index contributed by atoms with van der Waals surface area (Å²) in [4.78, 5) is 20.9. The van der Waals surface area contributed by atoms with Crippen LogP contribution >= 0.6 is 0 Å². The lowest BCUT2D eigenvalue weighted by Gasteiger charge is -2.06. The first kappa shape index (κ1) is 10.4. The second kappa shape index (κ2) is 4.56. The maximum atomic E-state index is 10.6. The highest BCUT2D eigenvalue weighted by molar-refractivity contribution is 5.80. The summed E-state index contributed by atoms with van der Waals surface area (Å²) in [6.07, 6.45) is 2.29. The van der Waals surface area contributed by atoms with Crippen molar-refractivity contribution in [2.45, 2.75) is 19.8 Å². The van der Waals surface area contributed by atoms with Crippen LogP contribution in [0.2, 0.25) is 0 Å². The van der Waals surface area contributed by atoms with Crippen LogP contribution in [0.3, 0.4) is 0 Å².